The molecular formula is C22H26O2. The molecule has 0 bridgehead atoms. The summed E-state index contributed by atoms with van der Waals surface area (Å²) in [5, 5.41) is 0. The van der Waals surface area contributed by atoms with E-state index in [9.17, 15) is 0 Å². The van der Waals surface area contributed by atoms with E-state index in [1.807, 2.05) is 0 Å². The molecule has 24 heavy (non-hydrogen) atoms. The van der Waals surface area contributed by atoms with Gasteiger partial charge in [-0.05, 0) is 49.4 Å². The summed E-state index contributed by atoms with van der Waals surface area (Å²) in [5.41, 5.74) is 2.77. The molecule has 1 saturated carbocycles. The van der Waals surface area contributed by atoms with Gasteiger partial charge in [-0.3, -0.25) is 0 Å². The van der Waals surface area contributed by atoms with Crippen LogP contribution in [0.4, 0.5) is 0 Å². The molecule has 1 aliphatic heterocycles. The zero-order chi connectivity index (χ0) is 16.4. The molecule has 2 atom stereocenters. The Balaban J connectivity index is 1.67. The zero-order valence-electron chi connectivity index (χ0n) is 14.5. The van der Waals surface area contributed by atoms with Gasteiger partial charge in [0.15, 0.2) is 0 Å². The average molecular weight is 322 g/mol. The quantitative estimate of drug-likeness (QED) is 0.678. The number of rotatable bonds is 5. The van der Waals surface area contributed by atoms with Gasteiger partial charge >= 0.3 is 0 Å². The van der Waals surface area contributed by atoms with Crippen LogP contribution in [0.15, 0.2) is 48.5 Å². The fourth-order valence-electron chi connectivity index (χ4n) is 4.37. The molecule has 2 aromatic carbocycles. The Morgan fingerprint density at radius 2 is 1.92 bits per heavy atom. The molecule has 0 aromatic heterocycles. The van der Waals surface area contributed by atoms with Gasteiger partial charge in [0.05, 0.1) is 12.0 Å². The lowest BCUT2D eigenvalue weighted by atomic mass is 9.64. The summed E-state index contributed by atoms with van der Waals surface area (Å²) >= 11 is 0. The minimum absolute atomic E-state index is 0.0246. The third kappa shape index (κ3) is 2.49. The van der Waals surface area contributed by atoms with Gasteiger partial charge in [-0.25, -0.2) is 0 Å². The standard InChI is InChI=1S/C22H26O2/c1-2-3-16-23-18-13-11-17(12-14-18)22-15-7-6-10-21(22)24-20-9-5-4-8-19(20)22/h4-5,8-9,11-14,21H,2-3,6-7,10,15-16H2,1H3. The highest BCUT2D eigenvalue weighted by molar-refractivity contribution is 5.53. The number of hydrogen-bond acceptors (Lipinski definition) is 2. The predicted octanol–water partition coefficient (Wildman–Crippen LogP) is 5.49. The minimum Gasteiger partial charge on any atom is -0.494 e. The van der Waals surface area contributed by atoms with Gasteiger partial charge in [-0.15, -0.1) is 0 Å². The number of fused-ring (bicyclic) bond motifs is 3. The maximum Gasteiger partial charge on any atom is 0.124 e. The van der Waals surface area contributed by atoms with Crippen LogP contribution in [0.5, 0.6) is 11.5 Å². The van der Waals surface area contributed by atoms with Crippen LogP contribution in [0.1, 0.15) is 56.6 Å². The SMILES string of the molecule is CCCCOc1ccc(C23CCCCC2Oc2ccccc23)cc1. The van der Waals surface area contributed by atoms with Crippen molar-refractivity contribution in [2.24, 2.45) is 0 Å². The summed E-state index contributed by atoms with van der Waals surface area (Å²) in [6, 6.07) is 17.4. The first-order valence-corrected chi connectivity index (χ1v) is 9.34. The van der Waals surface area contributed by atoms with Crippen molar-refractivity contribution < 1.29 is 9.47 Å². The first-order valence-electron chi connectivity index (χ1n) is 9.34. The number of para-hydroxylation sites is 1. The molecule has 2 unspecified atom stereocenters. The van der Waals surface area contributed by atoms with Gasteiger partial charge in [0, 0.05) is 5.56 Å². The van der Waals surface area contributed by atoms with E-state index in [-0.39, 0.29) is 11.5 Å². The lowest BCUT2D eigenvalue weighted by molar-refractivity contribution is 0.123. The van der Waals surface area contributed by atoms with Crippen LogP contribution in [-0.4, -0.2) is 12.7 Å². The van der Waals surface area contributed by atoms with E-state index in [0.717, 1.165) is 37.4 Å². The molecule has 126 valence electrons. The second kappa shape index (κ2) is 6.51. The monoisotopic (exact) mass is 322 g/mol. The largest absolute Gasteiger partial charge is 0.494 e. The molecule has 2 heteroatoms. The highest BCUT2D eigenvalue weighted by atomic mass is 16.5. The molecule has 0 radical (unpaired) electrons. The van der Waals surface area contributed by atoms with E-state index in [0.29, 0.717) is 0 Å². The fraction of sp³-hybridized carbons (Fsp3) is 0.455. The second-order valence-electron chi connectivity index (χ2n) is 7.05. The van der Waals surface area contributed by atoms with Crippen molar-refractivity contribution in [3.8, 4) is 11.5 Å². The van der Waals surface area contributed by atoms with Crippen LogP contribution in [0, 0.1) is 0 Å². The van der Waals surface area contributed by atoms with Crippen molar-refractivity contribution >= 4 is 0 Å². The van der Waals surface area contributed by atoms with Crippen molar-refractivity contribution in [3.05, 3.63) is 59.7 Å². The van der Waals surface area contributed by atoms with Crippen molar-refractivity contribution in [2.45, 2.75) is 57.0 Å². The molecule has 0 amide bonds. The normalized spacial score (nSPS) is 24.8. The summed E-state index contributed by atoms with van der Waals surface area (Å²) in [6.07, 6.45) is 7.39. The molecule has 0 saturated heterocycles. The average Bonchev–Trinajstić information content (AvgIpc) is 2.98. The Morgan fingerprint density at radius 3 is 2.75 bits per heavy atom. The Morgan fingerprint density at radius 1 is 1.08 bits per heavy atom. The van der Waals surface area contributed by atoms with Gasteiger partial charge < -0.3 is 9.47 Å². The van der Waals surface area contributed by atoms with Crippen LogP contribution >= 0.6 is 0 Å². The van der Waals surface area contributed by atoms with Gasteiger partial charge in [-0.1, -0.05) is 50.1 Å². The maximum atomic E-state index is 6.35. The van der Waals surface area contributed by atoms with Crippen LogP contribution < -0.4 is 9.47 Å². The molecule has 1 aliphatic carbocycles. The Labute approximate surface area is 144 Å². The van der Waals surface area contributed by atoms with Crippen molar-refractivity contribution in [1.29, 1.82) is 0 Å². The molecule has 1 heterocycles. The summed E-state index contributed by atoms with van der Waals surface area (Å²) < 4.78 is 12.2. The Kier molecular flexibility index (Phi) is 4.22. The summed E-state index contributed by atoms with van der Waals surface area (Å²) in [6.45, 7) is 2.99. The summed E-state index contributed by atoms with van der Waals surface area (Å²) in [4.78, 5) is 0. The third-order valence-corrected chi connectivity index (χ3v) is 5.61. The molecule has 0 N–H and O–H groups in total. The first kappa shape index (κ1) is 15.6. The molecule has 2 nitrogen and oxygen atoms in total. The van der Waals surface area contributed by atoms with Crippen LogP contribution in [0.2, 0.25) is 0 Å². The minimum atomic E-state index is 0.0246. The third-order valence-electron chi connectivity index (χ3n) is 5.61. The van der Waals surface area contributed by atoms with Crippen LogP contribution in [0.25, 0.3) is 0 Å². The Bertz CT molecular complexity index is 691. The molecule has 2 aromatic rings. The molecular weight excluding hydrogens is 296 g/mol. The lowest BCUT2D eigenvalue weighted by Crippen LogP contribution is -2.41. The van der Waals surface area contributed by atoms with Crippen LogP contribution in [-0.2, 0) is 5.41 Å². The molecule has 2 aliphatic rings. The van der Waals surface area contributed by atoms with Crippen molar-refractivity contribution in [3.63, 3.8) is 0 Å². The molecule has 0 spiro atoms. The van der Waals surface area contributed by atoms with E-state index >= 15 is 0 Å². The molecule has 1 fully saturated rings. The number of unbranched alkanes of at least 4 members (excludes halogenated alkanes) is 1. The fourth-order valence-corrected chi connectivity index (χ4v) is 4.37. The number of ether oxygens (including phenoxy) is 2. The van der Waals surface area contributed by atoms with Gasteiger partial charge in [0.1, 0.15) is 17.6 Å². The Hall–Kier alpha value is -1.96. The highest BCUT2D eigenvalue weighted by Gasteiger charge is 2.50. The summed E-state index contributed by atoms with van der Waals surface area (Å²) in [5.74, 6) is 2.05. The smallest absolute Gasteiger partial charge is 0.124 e. The number of benzene rings is 2. The van der Waals surface area contributed by atoms with Crippen molar-refractivity contribution in [2.75, 3.05) is 6.61 Å². The number of hydrogen-bond donors (Lipinski definition) is 0. The van der Waals surface area contributed by atoms with Gasteiger partial charge in [0.2, 0.25) is 0 Å². The second-order valence-corrected chi connectivity index (χ2v) is 7.05. The predicted molar refractivity (Wildman–Crippen MR) is 97.0 cm³/mol. The lowest BCUT2D eigenvalue weighted by Gasteiger charge is -2.38. The van der Waals surface area contributed by atoms with E-state index in [4.69, 9.17) is 9.47 Å². The maximum absolute atomic E-state index is 6.35. The molecule has 4 rings (SSSR count). The van der Waals surface area contributed by atoms with Crippen LogP contribution in [0.3, 0.4) is 0 Å². The van der Waals surface area contributed by atoms with E-state index in [1.165, 1.54) is 30.4 Å². The van der Waals surface area contributed by atoms with Gasteiger partial charge in [0.25, 0.3) is 0 Å². The summed E-state index contributed by atoms with van der Waals surface area (Å²) in [7, 11) is 0. The highest BCUT2D eigenvalue weighted by Crippen LogP contribution is 2.54. The first-order chi connectivity index (χ1) is 11.8. The topological polar surface area (TPSA) is 18.5 Å². The van der Waals surface area contributed by atoms with E-state index < -0.39 is 0 Å². The van der Waals surface area contributed by atoms with Gasteiger partial charge in [-0.2, -0.15) is 0 Å². The zero-order valence-corrected chi connectivity index (χ0v) is 14.5. The van der Waals surface area contributed by atoms with Crippen molar-refractivity contribution in [1.82, 2.24) is 0 Å². The van der Waals surface area contributed by atoms with E-state index in [1.54, 1.807) is 0 Å². The van der Waals surface area contributed by atoms with E-state index in [2.05, 4.69) is 55.5 Å².